The molecular formula is C10H9NO4S2. The number of thiophene rings is 1. The minimum Gasteiger partial charge on any atom is -0.263 e. The van der Waals surface area contributed by atoms with Crippen molar-refractivity contribution in [3.05, 3.63) is 39.3 Å². The highest BCUT2D eigenvalue weighted by Gasteiger charge is 2.24. The molecule has 0 aliphatic carbocycles. The van der Waals surface area contributed by atoms with Crippen LogP contribution >= 0.6 is 11.3 Å². The average Bonchev–Trinajstić information content (AvgIpc) is 2.54. The van der Waals surface area contributed by atoms with E-state index in [1.807, 2.05) is 13.0 Å². The van der Waals surface area contributed by atoms with Crippen molar-refractivity contribution in [3.63, 3.8) is 0 Å². The molecule has 1 aromatic heterocycles. The summed E-state index contributed by atoms with van der Waals surface area (Å²) in [4.78, 5) is 10.6. The van der Waals surface area contributed by atoms with Crippen molar-refractivity contribution in [2.75, 3.05) is 5.88 Å². The minimum absolute atomic E-state index is 0.0461. The molecule has 2 aromatic rings. The maximum Gasteiger partial charge on any atom is 0.305 e. The maximum atomic E-state index is 11.8. The molecule has 0 saturated heterocycles. The standard InChI is InChI=1S/C10H9NO4S2/c1-7-5-8-3-2-4-9(10(8)16-7)17(14,15)6-11(12)13/h2-5H,6H2,1H3. The number of nitro groups is 1. The van der Waals surface area contributed by atoms with Crippen molar-refractivity contribution in [1.29, 1.82) is 0 Å². The molecule has 0 fully saturated rings. The number of hydrogen-bond donors (Lipinski definition) is 0. The van der Waals surface area contributed by atoms with Gasteiger partial charge >= 0.3 is 5.88 Å². The molecule has 5 nitrogen and oxygen atoms in total. The summed E-state index contributed by atoms with van der Waals surface area (Å²) in [5.41, 5.74) is 0. The molecule has 1 heterocycles. The highest BCUT2D eigenvalue weighted by Crippen LogP contribution is 2.31. The van der Waals surface area contributed by atoms with Gasteiger partial charge in [-0.3, -0.25) is 10.1 Å². The zero-order chi connectivity index (χ0) is 12.6. The lowest BCUT2D eigenvalue weighted by molar-refractivity contribution is -0.458. The lowest BCUT2D eigenvalue weighted by atomic mass is 10.2. The van der Waals surface area contributed by atoms with Gasteiger partial charge in [0.25, 0.3) is 0 Å². The Hall–Kier alpha value is -1.47. The highest BCUT2D eigenvalue weighted by molar-refractivity contribution is 7.91. The van der Waals surface area contributed by atoms with Crippen LogP contribution in [0.2, 0.25) is 0 Å². The van der Waals surface area contributed by atoms with Gasteiger partial charge < -0.3 is 0 Å². The number of fused-ring (bicyclic) bond motifs is 1. The second-order valence-corrected chi connectivity index (χ2v) is 6.79. The van der Waals surface area contributed by atoms with Gasteiger partial charge in [0.15, 0.2) is 0 Å². The number of benzene rings is 1. The summed E-state index contributed by atoms with van der Waals surface area (Å²) in [5, 5.41) is 11.2. The summed E-state index contributed by atoms with van der Waals surface area (Å²) in [5.74, 6) is -1.07. The molecule has 2 rings (SSSR count). The van der Waals surface area contributed by atoms with Crippen LogP contribution in [0.5, 0.6) is 0 Å². The Kier molecular flexibility index (Phi) is 2.88. The van der Waals surface area contributed by atoms with Crippen LogP contribution in [0.4, 0.5) is 0 Å². The van der Waals surface area contributed by atoms with E-state index in [2.05, 4.69) is 0 Å². The van der Waals surface area contributed by atoms with Crippen molar-refractivity contribution in [3.8, 4) is 0 Å². The van der Waals surface area contributed by atoms with Gasteiger partial charge in [-0.15, -0.1) is 11.3 Å². The third kappa shape index (κ3) is 2.29. The minimum atomic E-state index is -3.86. The lowest BCUT2D eigenvalue weighted by Crippen LogP contribution is -2.14. The van der Waals surface area contributed by atoms with Gasteiger partial charge in [-0.25, -0.2) is 8.42 Å². The van der Waals surface area contributed by atoms with E-state index in [9.17, 15) is 18.5 Å². The summed E-state index contributed by atoms with van der Waals surface area (Å²) in [6, 6.07) is 6.67. The van der Waals surface area contributed by atoms with Crippen molar-refractivity contribution < 1.29 is 13.3 Å². The van der Waals surface area contributed by atoms with Crippen LogP contribution < -0.4 is 0 Å². The molecule has 0 atom stereocenters. The topological polar surface area (TPSA) is 77.3 Å². The smallest absolute Gasteiger partial charge is 0.263 e. The van der Waals surface area contributed by atoms with Crippen LogP contribution in [0.1, 0.15) is 4.88 Å². The zero-order valence-corrected chi connectivity index (χ0v) is 10.5. The molecule has 0 saturated carbocycles. The Morgan fingerprint density at radius 2 is 2.12 bits per heavy atom. The van der Waals surface area contributed by atoms with E-state index in [0.29, 0.717) is 4.70 Å². The first-order valence-corrected chi connectivity index (χ1v) is 7.21. The van der Waals surface area contributed by atoms with Gasteiger partial charge in [-0.2, -0.15) is 0 Å². The van der Waals surface area contributed by atoms with E-state index in [0.717, 1.165) is 10.3 Å². The van der Waals surface area contributed by atoms with Crippen LogP contribution in [0.15, 0.2) is 29.2 Å². The van der Waals surface area contributed by atoms with E-state index in [1.165, 1.54) is 17.4 Å². The molecule has 0 unspecified atom stereocenters. The van der Waals surface area contributed by atoms with Crippen LogP contribution in [0, 0.1) is 17.0 Å². The third-order valence-electron chi connectivity index (χ3n) is 2.24. The van der Waals surface area contributed by atoms with E-state index in [-0.39, 0.29) is 4.90 Å². The van der Waals surface area contributed by atoms with Crippen LogP contribution in [-0.4, -0.2) is 19.2 Å². The summed E-state index contributed by atoms with van der Waals surface area (Å²) in [6.07, 6.45) is 0. The van der Waals surface area contributed by atoms with Gasteiger partial charge in [0.1, 0.15) is 0 Å². The second-order valence-electron chi connectivity index (χ2n) is 3.61. The number of rotatable bonds is 3. The Balaban J connectivity index is 2.67. The highest BCUT2D eigenvalue weighted by atomic mass is 32.2. The fourth-order valence-electron chi connectivity index (χ4n) is 1.62. The van der Waals surface area contributed by atoms with Gasteiger partial charge in [-0.05, 0) is 24.4 Å². The molecule has 17 heavy (non-hydrogen) atoms. The molecule has 7 heteroatoms. The average molecular weight is 271 g/mol. The predicted molar refractivity (Wildman–Crippen MR) is 65.6 cm³/mol. The Bertz CT molecular complexity index is 687. The van der Waals surface area contributed by atoms with Crippen molar-refractivity contribution in [2.45, 2.75) is 11.8 Å². The summed E-state index contributed by atoms with van der Waals surface area (Å²) in [6.45, 7) is 1.87. The molecular weight excluding hydrogens is 262 g/mol. The number of aryl methyl sites for hydroxylation is 1. The van der Waals surface area contributed by atoms with Gasteiger partial charge in [0.2, 0.25) is 9.84 Å². The SMILES string of the molecule is Cc1cc2cccc(S(=O)(=O)C[N+](=O)[O-])c2s1. The molecule has 0 spiro atoms. The van der Waals surface area contributed by atoms with Crippen molar-refractivity contribution in [1.82, 2.24) is 0 Å². The van der Waals surface area contributed by atoms with Gasteiger partial charge in [0, 0.05) is 9.80 Å². The van der Waals surface area contributed by atoms with Crippen molar-refractivity contribution in [2.24, 2.45) is 0 Å². The first-order chi connectivity index (χ1) is 7.90. The first-order valence-electron chi connectivity index (χ1n) is 4.74. The van der Waals surface area contributed by atoms with E-state index < -0.39 is 20.6 Å². The first kappa shape index (κ1) is 12.0. The van der Waals surface area contributed by atoms with E-state index in [1.54, 1.807) is 12.1 Å². The molecule has 0 bridgehead atoms. The fraction of sp³-hybridized carbons (Fsp3) is 0.200. The summed E-state index contributed by atoms with van der Waals surface area (Å²) in [7, 11) is -3.86. The largest absolute Gasteiger partial charge is 0.305 e. The maximum absolute atomic E-state index is 11.8. The fourth-order valence-corrected chi connectivity index (χ4v) is 4.15. The zero-order valence-electron chi connectivity index (χ0n) is 8.91. The Morgan fingerprint density at radius 1 is 1.41 bits per heavy atom. The summed E-state index contributed by atoms with van der Waals surface area (Å²) >= 11 is 1.33. The molecule has 0 N–H and O–H groups in total. The second kappa shape index (κ2) is 4.08. The molecule has 0 aliphatic rings. The molecule has 90 valence electrons. The molecule has 0 amide bonds. The van der Waals surface area contributed by atoms with Crippen molar-refractivity contribution >= 4 is 31.3 Å². The normalized spacial score (nSPS) is 11.8. The van der Waals surface area contributed by atoms with Gasteiger partial charge in [-0.1, -0.05) is 12.1 Å². The number of hydrogen-bond acceptors (Lipinski definition) is 5. The van der Waals surface area contributed by atoms with Gasteiger partial charge in [0.05, 0.1) is 9.60 Å². The van der Waals surface area contributed by atoms with E-state index >= 15 is 0 Å². The van der Waals surface area contributed by atoms with Crippen LogP contribution in [-0.2, 0) is 9.84 Å². The number of sulfone groups is 1. The monoisotopic (exact) mass is 271 g/mol. The summed E-state index contributed by atoms with van der Waals surface area (Å²) < 4.78 is 24.3. The molecule has 0 radical (unpaired) electrons. The van der Waals surface area contributed by atoms with E-state index in [4.69, 9.17) is 0 Å². The third-order valence-corrected chi connectivity index (χ3v) is 5.03. The van der Waals surface area contributed by atoms with Crippen LogP contribution in [0.3, 0.4) is 0 Å². The van der Waals surface area contributed by atoms with Crippen LogP contribution in [0.25, 0.3) is 10.1 Å². The lowest BCUT2D eigenvalue weighted by Gasteiger charge is -2.00. The molecule has 1 aromatic carbocycles. The Morgan fingerprint density at radius 3 is 2.76 bits per heavy atom. The number of nitrogens with zero attached hydrogens (tertiary/aromatic N) is 1. The Labute approximate surface area is 102 Å². The molecule has 0 aliphatic heterocycles. The quantitative estimate of drug-likeness (QED) is 0.633. The predicted octanol–water partition coefficient (Wildman–Crippen LogP) is 2.22.